The number of benzene rings is 1. The summed E-state index contributed by atoms with van der Waals surface area (Å²) in [6, 6.07) is 9.93. The SMILES string of the molecule is N#Cc1nn(-c2ccc(C(=O)O)c(O)c2)cc1-c1cccs1. The van der Waals surface area contributed by atoms with Crippen molar-refractivity contribution < 1.29 is 15.0 Å². The molecule has 0 saturated heterocycles. The molecule has 3 rings (SSSR count). The van der Waals surface area contributed by atoms with Gasteiger partial charge in [-0.3, -0.25) is 0 Å². The molecule has 0 atom stereocenters. The number of nitriles is 1. The number of carboxylic acid groups (broad SMARTS) is 1. The van der Waals surface area contributed by atoms with Gasteiger partial charge in [-0.05, 0) is 23.6 Å². The van der Waals surface area contributed by atoms with Crippen molar-refractivity contribution >= 4 is 17.3 Å². The third-order valence-corrected chi connectivity index (χ3v) is 3.99. The van der Waals surface area contributed by atoms with E-state index in [1.54, 1.807) is 6.20 Å². The number of phenols is 1. The Hall–Kier alpha value is -3.11. The lowest BCUT2D eigenvalue weighted by atomic mass is 10.2. The maximum atomic E-state index is 10.9. The van der Waals surface area contributed by atoms with Crippen LogP contribution < -0.4 is 0 Å². The average molecular weight is 311 g/mol. The van der Waals surface area contributed by atoms with Gasteiger partial charge in [0, 0.05) is 22.7 Å². The lowest BCUT2D eigenvalue weighted by Crippen LogP contribution is -2.00. The summed E-state index contributed by atoms with van der Waals surface area (Å²) in [6.45, 7) is 0. The quantitative estimate of drug-likeness (QED) is 0.775. The van der Waals surface area contributed by atoms with E-state index >= 15 is 0 Å². The van der Waals surface area contributed by atoms with E-state index < -0.39 is 5.97 Å². The second-order valence-corrected chi connectivity index (χ2v) is 5.38. The molecule has 22 heavy (non-hydrogen) atoms. The first-order chi connectivity index (χ1) is 10.6. The molecular formula is C15H9N3O3S. The summed E-state index contributed by atoms with van der Waals surface area (Å²) in [5.41, 5.74) is 1.25. The summed E-state index contributed by atoms with van der Waals surface area (Å²) >= 11 is 1.49. The fourth-order valence-corrected chi connectivity index (χ4v) is 2.78. The van der Waals surface area contributed by atoms with Crippen LogP contribution in [-0.2, 0) is 0 Å². The summed E-state index contributed by atoms with van der Waals surface area (Å²) in [7, 11) is 0. The first-order valence-electron chi connectivity index (χ1n) is 6.20. The van der Waals surface area contributed by atoms with Crippen LogP contribution >= 0.6 is 11.3 Å². The summed E-state index contributed by atoms with van der Waals surface area (Å²) < 4.78 is 1.44. The smallest absolute Gasteiger partial charge is 0.339 e. The molecule has 6 nitrogen and oxygen atoms in total. The number of carbonyl (C=O) groups is 1. The zero-order valence-corrected chi connectivity index (χ0v) is 11.9. The van der Waals surface area contributed by atoms with Crippen LogP contribution in [0.2, 0.25) is 0 Å². The van der Waals surface area contributed by atoms with Crippen LogP contribution in [0.25, 0.3) is 16.1 Å². The number of thiophene rings is 1. The van der Waals surface area contributed by atoms with Crippen molar-refractivity contribution in [2.24, 2.45) is 0 Å². The highest BCUT2D eigenvalue weighted by molar-refractivity contribution is 7.13. The molecule has 0 fully saturated rings. The number of nitrogens with zero attached hydrogens (tertiary/aromatic N) is 3. The maximum absolute atomic E-state index is 10.9. The van der Waals surface area contributed by atoms with E-state index in [9.17, 15) is 15.2 Å². The van der Waals surface area contributed by atoms with E-state index in [0.717, 1.165) is 4.88 Å². The molecule has 108 valence electrons. The molecular weight excluding hydrogens is 302 g/mol. The van der Waals surface area contributed by atoms with Crippen LogP contribution in [0.4, 0.5) is 0 Å². The molecule has 2 aromatic heterocycles. The Morgan fingerprint density at radius 1 is 1.36 bits per heavy atom. The van der Waals surface area contributed by atoms with E-state index in [4.69, 9.17) is 5.11 Å². The van der Waals surface area contributed by atoms with E-state index in [1.165, 1.54) is 34.2 Å². The molecule has 0 saturated carbocycles. The van der Waals surface area contributed by atoms with Gasteiger partial charge in [0.2, 0.25) is 0 Å². The average Bonchev–Trinajstić information content (AvgIpc) is 3.15. The molecule has 3 aromatic rings. The molecule has 0 spiro atoms. The topological polar surface area (TPSA) is 99.1 Å². The van der Waals surface area contributed by atoms with E-state index in [2.05, 4.69) is 5.10 Å². The second kappa shape index (κ2) is 5.35. The van der Waals surface area contributed by atoms with Gasteiger partial charge in [-0.25, -0.2) is 9.48 Å². The number of aromatic hydroxyl groups is 1. The number of rotatable bonds is 3. The van der Waals surface area contributed by atoms with Gasteiger partial charge in [0.15, 0.2) is 5.69 Å². The van der Waals surface area contributed by atoms with Crippen LogP contribution in [0, 0.1) is 11.3 Å². The largest absolute Gasteiger partial charge is 0.507 e. The highest BCUT2D eigenvalue weighted by Gasteiger charge is 2.15. The summed E-state index contributed by atoms with van der Waals surface area (Å²) in [4.78, 5) is 11.8. The number of hydrogen-bond donors (Lipinski definition) is 2. The lowest BCUT2D eigenvalue weighted by molar-refractivity contribution is 0.0694. The van der Waals surface area contributed by atoms with Gasteiger partial charge in [0.05, 0.1) is 5.69 Å². The van der Waals surface area contributed by atoms with Gasteiger partial charge in [0.1, 0.15) is 17.4 Å². The van der Waals surface area contributed by atoms with Crippen LogP contribution in [-0.4, -0.2) is 26.0 Å². The Morgan fingerprint density at radius 3 is 2.77 bits per heavy atom. The second-order valence-electron chi connectivity index (χ2n) is 4.43. The third-order valence-electron chi connectivity index (χ3n) is 3.08. The van der Waals surface area contributed by atoms with Crippen molar-refractivity contribution in [1.82, 2.24) is 9.78 Å². The van der Waals surface area contributed by atoms with Crippen LogP contribution in [0.15, 0.2) is 41.9 Å². The van der Waals surface area contributed by atoms with Crippen LogP contribution in [0.1, 0.15) is 16.1 Å². The van der Waals surface area contributed by atoms with Gasteiger partial charge >= 0.3 is 5.97 Å². The maximum Gasteiger partial charge on any atom is 0.339 e. The Morgan fingerprint density at radius 2 is 2.18 bits per heavy atom. The predicted octanol–water partition coefficient (Wildman–Crippen LogP) is 2.88. The third kappa shape index (κ3) is 2.32. The molecule has 2 N–H and O–H groups in total. The van der Waals surface area contributed by atoms with Crippen molar-refractivity contribution in [1.29, 1.82) is 5.26 Å². The minimum atomic E-state index is -1.21. The standard InChI is InChI=1S/C15H9N3O3S/c16-7-12-11(14-2-1-5-22-14)8-18(17-12)9-3-4-10(15(20)21)13(19)6-9/h1-6,8,19H,(H,20,21). The molecule has 0 radical (unpaired) electrons. The number of aromatic nitrogens is 2. The first-order valence-corrected chi connectivity index (χ1v) is 7.08. The van der Waals surface area contributed by atoms with Crippen molar-refractivity contribution in [3.05, 3.63) is 53.2 Å². The van der Waals surface area contributed by atoms with Crippen LogP contribution in [0.3, 0.4) is 0 Å². The van der Waals surface area contributed by atoms with Gasteiger partial charge in [-0.1, -0.05) is 6.07 Å². The summed E-state index contributed by atoms with van der Waals surface area (Å²) in [6.07, 6.45) is 1.68. The first kappa shape index (κ1) is 13.9. The minimum absolute atomic E-state index is 0.185. The Balaban J connectivity index is 2.08. The molecule has 2 heterocycles. The Bertz CT molecular complexity index is 891. The number of aromatic carboxylic acids is 1. The lowest BCUT2D eigenvalue weighted by Gasteiger charge is -2.04. The van der Waals surface area contributed by atoms with Crippen molar-refractivity contribution in [2.75, 3.05) is 0 Å². The van der Waals surface area contributed by atoms with E-state index in [-0.39, 0.29) is 17.0 Å². The molecule has 0 amide bonds. The number of carboxylic acids is 1. The van der Waals surface area contributed by atoms with Gasteiger partial charge in [-0.15, -0.1) is 11.3 Å². The molecule has 1 aromatic carbocycles. The summed E-state index contributed by atoms with van der Waals surface area (Å²) in [5, 5.41) is 33.9. The molecule has 7 heteroatoms. The molecule has 0 bridgehead atoms. The number of hydrogen-bond acceptors (Lipinski definition) is 5. The zero-order valence-electron chi connectivity index (χ0n) is 11.1. The van der Waals surface area contributed by atoms with Crippen molar-refractivity contribution in [3.63, 3.8) is 0 Å². The van der Waals surface area contributed by atoms with Crippen molar-refractivity contribution in [2.45, 2.75) is 0 Å². The fourth-order valence-electron chi connectivity index (χ4n) is 2.04. The Labute approximate surface area is 129 Å². The van der Waals surface area contributed by atoms with Crippen molar-refractivity contribution in [3.8, 4) is 27.9 Å². The highest BCUT2D eigenvalue weighted by Crippen LogP contribution is 2.29. The molecule has 0 aliphatic rings. The minimum Gasteiger partial charge on any atom is -0.507 e. The monoisotopic (exact) mass is 311 g/mol. The zero-order chi connectivity index (χ0) is 15.7. The molecule has 0 aliphatic heterocycles. The van der Waals surface area contributed by atoms with Gasteiger partial charge < -0.3 is 10.2 Å². The fraction of sp³-hybridized carbons (Fsp3) is 0. The normalized spacial score (nSPS) is 10.3. The molecule has 0 aliphatic carbocycles. The predicted molar refractivity (Wildman–Crippen MR) is 80.2 cm³/mol. The Kier molecular flexibility index (Phi) is 3.37. The summed E-state index contributed by atoms with van der Waals surface area (Å²) in [5.74, 6) is -1.56. The van der Waals surface area contributed by atoms with E-state index in [0.29, 0.717) is 11.3 Å². The van der Waals surface area contributed by atoms with Crippen LogP contribution in [0.5, 0.6) is 5.75 Å². The molecule has 0 unspecified atom stereocenters. The van der Waals surface area contributed by atoms with E-state index in [1.807, 2.05) is 23.6 Å². The highest BCUT2D eigenvalue weighted by atomic mass is 32.1. The van der Waals surface area contributed by atoms with Gasteiger partial charge in [0.25, 0.3) is 0 Å². The van der Waals surface area contributed by atoms with Gasteiger partial charge in [-0.2, -0.15) is 10.4 Å².